The lowest BCUT2D eigenvalue weighted by Gasteiger charge is -2.49. The molecule has 0 saturated heterocycles. The van der Waals surface area contributed by atoms with Gasteiger partial charge in [-0.3, -0.25) is 9.59 Å². The number of nitrogens with one attached hydrogen (secondary N) is 1. The van der Waals surface area contributed by atoms with E-state index < -0.39 is 11.9 Å². The molecule has 2 aliphatic carbocycles. The number of carboxylic acids is 1. The van der Waals surface area contributed by atoms with Crippen molar-refractivity contribution in [3.05, 3.63) is 34.9 Å². The zero-order valence-electron chi connectivity index (χ0n) is 21.0. The van der Waals surface area contributed by atoms with Gasteiger partial charge in [-0.05, 0) is 61.4 Å². The third-order valence-corrected chi connectivity index (χ3v) is 8.43. The molecule has 0 aromatic heterocycles. The van der Waals surface area contributed by atoms with E-state index in [4.69, 9.17) is 10.5 Å². The zero-order chi connectivity index (χ0) is 24.0. The SMILES string of the molecule is CCC1(CC)c2cc(C(N)=O)ccc2C[C@H](OC)[C@H]1NCCC(CC1CCCCC1)C(=O)O.Cl. The number of fused-ring (bicyclic) bond motifs is 1. The summed E-state index contributed by atoms with van der Waals surface area (Å²) in [4.78, 5) is 23.9. The molecule has 3 atom stereocenters. The lowest BCUT2D eigenvalue weighted by atomic mass is 9.62. The van der Waals surface area contributed by atoms with Crippen LogP contribution < -0.4 is 11.1 Å². The minimum Gasteiger partial charge on any atom is -0.481 e. The Hall–Kier alpha value is -1.63. The van der Waals surface area contributed by atoms with Crippen LogP contribution in [0, 0.1) is 11.8 Å². The molecule has 0 aliphatic heterocycles. The van der Waals surface area contributed by atoms with Crippen molar-refractivity contribution in [3.63, 3.8) is 0 Å². The topological polar surface area (TPSA) is 102 Å². The van der Waals surface area contributed by atoms with E-state index in [1.807, 2.05) is 12.1 Å². The Morgan fingerprint density at radius 2 is 1.88 bits per heavy atom. The third-order valence-electron chi connectivity index (χ3n) is 8.43. The minimum atomic E-state index is -0.678. The Labute approximate surface area is 210 Å². The van der Waals surface area contributed by atoms with Crippen LogP contribution in [0.15, 0.2) is 18.2 Å². The molecule has 7 heteroatoms. The van der Waals surface area contributed by atoms with Gasteiger partial charge in [0.25, 0.3) is 0 Å². The Morgan fingerprint density at radius 3 is 2.44 bits per heavy atom. The first-order valence-electron chi connectivity index (χ1n) is 12.8. The van der Waals surface area contributed by atoms with Gasteiger partial charge in [0.05, 0.1) is 12.0 Å². The number of carbonyl (C=O) groups excluding carboxylic acids is 1. The van der Waals surface area contributed by atoms with Crippen LogP contribution in [0.3, 0.4) is 0 Å². The third kappa shape index (κ3) is 6.13. The zero-order valence-corrected chi connectivity index (χ0v) is 21.8. The maximum absolute atomic E-state index is 12.0. The maximum Gasteiger partial charge on any atom is 0.306 e. The maximum atomic E-state index is 12.0. The van der Waals surface area contributed by atoms with E-state index in [1.165, 1.54) is 43.2 Å². The highest BCUT2D eigenvalue weighted by Crippen LogP contribution is 2.44. The van der Waals surface area contributed by atoms with Crippen molar-refractivity contribution in [1.29, 1.82) is 0 Å². The number of halogens is 1. The summed E-state index contributed by atoms with van der Waals surface area (Å²) in [5.74, 6) is -0.852. The van der Waals surface area contributed by atoms with E-state index in [2.05, 4.69) is 19.2 Å². The normalized spacial score (nSPS) is 22.9. The molecule has 1 aromatic carbocycles. The number of aliphatic carboxylic acids is 1. The molecular weight excluding hydrogens is 452 g/mol. The molecule has 0 heterocycles. The van der Waals surface area contributed by atoms with E-state index in [1.54, 1.807) is 13.2 Å². The summed E-state index contributed by atoms with van der Waals surface area (Å²) in [6.45, 7) is 5.00. The fraction of sp³-hybridized carbons (Fsp3) is 0.704. The molecule has 0 bridgehead atoms. The summed E-state index contributed by atoms with van der Waals surface area (Å²) in [5.41, 5.74) is 8.29. The van der Waals surface area contributed by atoms with Crippen LogP contribution in [0.25, 0.3) is 0 Å². The smallest absolute Gasteiger partial charge is 0.306 e. The standard InChI is InChI=1S/C27H42N2O4.ClH/c1-4-27(5-2)22-16-20(25(28)30)12-11-19(22)17-23(33-3)24(27)29-14-13-21(26(31)32)15-18-9-7-6-8-10-18;/h11-12,16,18,21,23-24,29H,4-10,13-15,17H2,1-3H3,(H2,28,30)(H,31,32);1H/t21?,23-,24+;/m0./s1. The van der Waals surface area contributed by atoms with Crippen molar-refractivity contribution in [1.82, 2.24) is 5.32 Å². The highest BCUT2D eigenvalue weighted by atomic mass is 35.5. The Morgan fingerprint density at radius 1 is 1.21 bits per heavy atom. The molecule has 2 aliphatic rings. The predicted molar refractivity (Wildman–Crippen MR) is 138 cm³/mol. The van der Waals surface area contributed by atoms with Crippen LogP contribution in [-0.2, 0) is 21.4 Å². The number of hydrogen-bond donors (Lipinski definition) is 3. The number of carboxylic acid groups (broad SMARTS) is 1. The molecule has 1 saturated carbocycles. The van der Waals surface area contributed by atoms with Gasteiger partial charge in [0.2, 0.25) is 5.91 Å². The monoisotopic (exact) mass is 494 g/mol. The van der Waals surface area contributed by atoms with Crippen LogP contribution in [0.5, 0.6) is 0 Å². The lowest BCUT2D eigenvalue weighted by molar-refractivity contribution is -0.142. The molecule has 34 heavy (non-hydrogen) atoms. The van der Waals surface area contributed by atoms with Gasteiger partial charge in [-0.25, -0.2) is 0 Å². The number of carbonyl (C=O) groups is 2. The second-order valence-corrected chi connectivity index (χ2v) is 10.1. The number of ether oxygens (including phenoxy) is 1. The van der Waals surface area contributed by atoms with Crippen molar-refractivity contribution in [2.45, 2.75) is 95.6 Å². The number of nitrogens with two attached hydrogens (primary N) is 1. The van der Waals surface area contributed by atoms with Crippen LogP contribution >= 0.6 is 12.4 Å². The van der Waals surface area contributed by atoms with E-state index in [-0.39, 0.29) is 35.9 Å². The van der Waals surface area contributed by atoms with Gasteiger partial charge in [-0.15, -0.1) is 12.4 Å². The molecule has 0 radical (unpaired) electrons. The molecular formula is C27H43ClN2O4. The largest absolute Gasteiger partial charge is 0.481 e. The van der Waals surface area contributed by atoms with Crippen LogP contribution in [-0.4, -0.2) is 42.8 Å². The van der Waals surface area contributed by atoms with Gasteiger partial charge in [-0.2, -0.15) is 0 Å². The summed E-state index contributed by atoms with van der Waals surface area (Å²) >= 11 is 0. The molecule has 192 valence electrons. The Balaban J connectivity index is 0.00000408. The number of methoxy groups -OCH3 is 1. The molecule has 6 nitrogen and oxygen atoms in total. The molecule has 3 rings (SSSR count). The molecule has 1 amide bonds. The van der Waals surface area contributed by atoms with Crippen molar-refractivity contribution in [3.8, 4) is 0 Å². The molecule has 1 fully saturated rings. The van der Waals surface area contributed by atoms with Crippen molar-refractivity contribution >= 4 is 24.3 Å². The van der Waals surface area contributed by atoms with Gasteiger partial charge in [0, 0.05) is 30.6 Å². The fourth-order valence-electron chi connectivity index (χ4n) is 6.43. The summed E-state index contributed by atoms with van der Waals surface area (Å²) in [6, 6.07) is 5.83. The molecule has 0 spiro atoms. The van der Waals surface area contributed by atoms with Gasteiger partial charge < -0.3 is 20.9 Å². The van der Waals surface area contributed by atoms with Crippen molar-refractivity contribution in [2.75, 3.05) is 13.7 Å². The average Bonchev–Trinajstić information content (AvgIpc) is 2.83. The number of hydrogen-bond acceptors (Lipinski definition) is 4. The van der Waals surface area contributed by atoms with Crippen LogP contribution in [0.1, 0.15) is 93.1 Å². The summed E-state index contributed by atoms with van der Waals surface area (Å²) in [6.07, 6.45) is 10.0. The van der Waals surface area contributed by atoms with Crippen molar-refractivity contribution < 1.29 is 19.4 Å². The molecule has 4 N–H and O–H groups in total. The number of rotatable bonds is 11. The van der Waals surface area contributed by atoms with Gasteiger partial charge >= 0.3 is 5.97 Å². The van der Waals surface area contributed by atoms with Crippen LogP contribution in [0.4, 0.5) is 0 Å². The first-order valence-corrected chi connectivity index (χ1v) is 12.8. The Bertz CT molecular complexity index is 821. The predicted octanol–water partition coefficient (Wildman–Crippen LogP) is 4.86. The van der Waals surface area contributed by atoms with Crippen LogP contribution in [0.2, 0.25) is 0 Å². The van der Waals surface area contributed by atoms with E-state index in [0.717, 1.165) is 25.7 Å². The number of benzene rings is 1. The number of primary amides is 1. The first-order chi connectivity index (χ1) is 15.9. The molecule has 1 unspecified atom stereocenters. The van der Waals surface area contributed by atoms with E-state index >= 15 is 0 Å². The van der Waals surface area contributed by atoms with Gasteiger partial charge in [-0.1, -0.05) is 52.0 Å². The van der Waals surface area contributed by atoms with Crippen molar-refractivity contribution in [2.24, 2.45) is 17.6 Å². The van der Waals surface area contributed by atoms with E-state index in [0.29, 0.717) is 24.4 Å². The second-order valence-electron chi connectivity index (χ2n) is 10.1. The summed E-state index contributed by atoms with van der Waals surface area (Å²) in [7, 11) is 1.75. The van der Waals surface area contributed by atoms with Gasteiger partial charge in [0.15, 0.2) is 0 Å². The molecule has 1 aromatic rings. The minimum absolute atomic E-state index is 0. The Kier molecular flexibility index (Phi) is 10.8. The highest BCUT2D eigenvalue weighted by molar-refractivity contribution is 5.93. The highest BCUT2D eigenvalue weighted by Gasteiger charge is 2.46. The first kappa shape index (κ1) is 28.6. The summed E-state index contributed by atoms with van der Waals surface area (Å²) in [5, 5.41) is 13.6. The van der Waals surface area contributed by atoms with E-state index in [9.17, 15) is 14.7 Å². The quantitative estimate of drug-likeness (QED) is 0.408. The summed E-state index contributed by atoms with van der Waals surface area (Å²) < 4.78 is 5.95. The fourth-order valence-corrected chi connectivity index (χ4v) is 6.43. The number of amides is 1. The second kappa shape index (κ2) is 12.9. The van der Waals surface area contributed by atoms with Gasteiger partial charge in [0.1, 0.15) is 0 Å². The average molecular weight is 495 g/mol. The lowest BCUT2D eigenvalue weighted by Crippen LogP contribution is -2.59.